The molecule has 0 saturated carbocycles. The van der Waals surface area contributed by atoms with Crippen molar-refractivity contribution < 1.29 is 5.02 Å². The van der Waals surface area contributed by atoms with E-state index >= 15 is 0 Å². The molecule has 0 aliphatic carbocycles. The molecule has 0 bridgehead atoms. The van der Waals surface area contributed by atoms with Gasteiger partial charge in [-0.1, -0.05) is 371 Å². The molecule has 20 aromatic rings. The highest BCUT2D eigenvalue weighted by atomic mass is 79.9. The van der Waals surface area contributed by atoms with E-state index in [0.717, 1.165) is 55.1 Å². The van der Waals surface area contributed by atoms with Gasteiger partial charge in [-0.3, -0.25) is 0 Å². The molecular formula is C110H92B2BrN3OP. The SMILES string of the molecule is Brc1ccc(Nc2ccccc2)cc1.CB(O)c1cc2ccccc2c2ccccc12.CCCCC.[3H][B]P.c1ccc(N(c2ccc(-c3ccc(-c4cc5ccccc5c5ccccc45)cc3)cc2)c2ccc(-c3cc4ccccc4c4ccccc34)cc2)cc1.c1ccc(Nc2ccc(-c3cc4ccccc4c4ccccc34)cc2)cc1. The van der Waals surface area contributed by atoms with E-state index < -0.39 is 6.92 Å². The maximum absolute atomic E-state index is 9.88. The summed E-state index contributed by atoms with van der Waals surface area (Å²) in [6.45, 7) is 5.80. The molecule has 0 aliphatic heterocycles. The number of hydrogen-bond donors (Lipinski definition) is 3. The Morgan fingerprint density at radius 3 is 0.890 bits per heavy atom. The zero-order valence-corrected chi connectivity index (χ0v) is 69.4. The second-order valence-corrected chi connectivity index (χ2v) is 30.2. The minimum atomic E-state index is -0.440. The molecule has 0 aromatic heterocycles. The average molecular weight is 1610 g/mol. The molecule has 1 atom stereocenters. The maximum atomic E-state index is 9.88. The lowest BCUT2D eigenvalue weighted by Gasteiger charge is -2.26. The van der Waals surface area contributed by atoms with E-state index in [9.17, 15) is 5.02 Å². The van der Waals surface area contributed by atoms with Gasteiger partial charge in [-0.25, -0.2) is 0 Å². The van der Waals surface area contributed by atoms with Crippen LogP contribution in [-0.4, -0.2) is 20.8 Å². The summed E-state index contributed by atoms with van der Waals surface area (Å²) < 4.78 is 7.14. The highest BCUT2D eigenvalue weighted by Crippen LogP contribution is 2.42. The van der Waals surface area contributed by atoms with Gasteiger partial charge in [0.05, 0.1) is 0 Å². The molecule has 0 heterocycles. The van der Waals surface area contributed by atoms with Gasteiger partial charge in [-0.15, -0.1) is 0 Å². The summed E-state index contributed by atoms with van der Waals surface area (Å²) in [6, 6.07) is 152. The number of benzene rings is 20. The lowest BCUT2D eigenvalue weighted by atomic mass is 9.62. The van der Waals surface area contributed by atoms with E-state index in [1.54, 1.807) is 0 Å². The van der Waals surface area contributed by atoms with Crippen molar-refractivity contribution in [3.63, 3.8) is 0 Å². The van der Waals surface area contributed by atoms with Crippen molar-refractivity contribution in [2.45, 2.75) is 39.9 Å². The molecule has 118 heavy (non-hydrogen) atoms. The molecule has 0 fully saturated rings. The molecule has 4 nitrogen and oxygen atoms in total. The predicted molar refractivity (Wildman–Crippen MR) is 525 cm³/mol. The molecule has 1 radical (unpaired) electrons. The Morgan fingerprint density at radius 2 is 0.542 bits per heavy atom. The second kappa shape index (κ2) is 39.0. The third-order valence-electron chi connectivity index (χ3n) is 21.5. The first kappa shape index (κ1) is 78.8. The third kappa shape index (κ3) is 18.7. The Kier molecular flexibility index (Phi) is 26.0. The monoisotopic (exact) mass is 1600 g/mol. The first-order chi connectivity index (χ1) is 58.6. The van der Waals surface area contributed by atoms with Crippen LogP contribution in [0.2, 0.25) is 6.82 Å². The van der Waals surface area contributed by atoms with Crippen molar-refractivity contribution in [3.05, 3.63) is 435 Å². The van der Waals surface area contributed by atoms with E-state index in [0.29, 0.717) is 0 Å². The third-order valence-corrected chi connectivity index (χ3v) is 22.1. The van der Waals surface area contributed by atoms with Crippen molar-refractivity contribution in [2.75, 3.05) is 15.5 Å². The molecule has 0 amide bonds. The quantitative estimate of drug-likeness (QED) is 0.0577. The molecule has 8 heteroatoms. The lowest BCUT2D eigenvalue weighted by Crippen LogP contribution is -2.26. The van der Waals surface area contributed by atoms with Gasteiger partial charge in [0.25, 0.3) is 0 Å². The van der Waals surface area contributed by atoms with Crippen LogP contribution in [0.1, 0.15) is 33.1 Å². The molecule has 0 saturated heterocycles. The van der Waals surface area contributed by atoms with Crippen molar-refractivity contribution in [2.24, 2.45) is 0 Å². The largest absolute Gasteiger partial charge is 0.446 e. The number of nitrogens with zero attached hydrogens (tertiary/aromatic N) is 1. The number of rotatable bonds is 14. The van der Waals surface area contributed by atoms with E-state index in [4.69, 9.17) is 1.34 Å². The second-order valence-electron chi connectivity index (χ2n) is 29.2. The fourth-order valence-electron chi connectivity index (χ4n) is 15.8. The van der Waals surface area contributed by atoms with Gasteiger partial charge < -0.3 is 20.6 Å². The summed E-state index contributed by atoms with van der Waals surface area (Å²) >= 11 is 3.40. The normalized spacial score (nSPS) is 10.8. The highest BCUT2D eigenvalue weighted by molar-refractivity contribution is 9.10. The topological polar surface area (TPSA) is 47.5 Å². The number of hydrogen-bond acceptors (Lipinski definition) is 4. The summed E-state index contributed by atoms with van der Waals surface area (Å²) in [5, 5.41) is 36.8. The Balaban J connectivity index is 0.000000138. The molecule has 571 valence electrons. The Bertz CT molecular complexity index is 6740. The summed E-state index contributed by atoms with van der Waals surface area (Å²) in [6.07, 6.45) is 4.08. The van der Waals surface area contributed by atoms with Crippen LogP contribution in [0.5, 0.6) is 0 Å². The number of fused-ring (bicyclic) bond motifs is 12. The Labute approximate surface area is 707 Å². The summed E-state index contributed by atoms with van der Waals surface area (Å²) in [5.74, 6) is 0. The van der Waals surface area contributed by atoms with E-state index in [1.165, 1.54) is 152 Å². The molecule has 3 N–H and O–H groups in total. The predicted octanol–water partition coefficient (Wildman–Crippen LogP) is 31.1. The smallest absolute Gasteiger partial charge is 0.321 e. The molecular weight excluding hydrogens is 1510 g/mol. The van der Waals surface area contributed by atoms with Crippen LogP contribution in [0.4, 0.5) is 39.8 Å². The first-order valence-electron chi connectivity index (χ1n) is 41.1. The zero-order valence-electron chi connectivity index (χ0n) is 67.6. The Hall–Kier alpha value is -13.1. The molecule has 1 unspecified atom stereocenters. The van der Waals surface area contributed by atoms with Crippen LogP contribution in [0.15, 0.2) is 435 Å². The minimum absolute atomic E-state index is 0.440. The number of unbranched alkanes of at least 4 members (excludes halogenated alkanes) is 2. The summed E-state index contributed by atoms with van der Waals surface area (Å²) in [7, 11) is 3.29. The van der Waals surface area contributed by atoms with Crippen molar-refractivity contribution in [3.8, 4) is 44.5 Å². The maximum Gasteiger partial charge on any atom is 0.321 e. The van der Waals surface area contributed by atoms with E-state index in [2.05, 4.69) is 394 Å². The number of nitrogens with one attached hydrogen (secondary N) is 2. The fourth-order valence-corrected chi connectivity index (χ4v) is 16.0. The first-order valence-corrected chi connectivity index (χ1v) is 42.0. The molecule has 20 rings (SSSR count). The van der Waals surface area contributed by atoms with Crippen LogP contribution < -0.4 is 21.0 Å². The van der Waals surface area contributed by atoms with Gasteiger partial charge in [0, 0.05) is 44.3 Å². The Morgan fingerprint density at radius 1 is 0.297 bits per heavy atom. The van der Waals surface area contributed by atoms with E-state index in [-0.39, 0.29) is 0 Å². The van der Waals surface area contributed by atoms with Crippen LogP contribution >= 0.6 is 25.0 Å². The fraction of sp³-hybridized carbons (Fsp3) is 0.0545. The minimum Gasteiger partial charge on any atom is -0.446 e. The summed E-state index contributed by atoms with van der Waals surface area (Å²) in [5.41, 5.74) is 18.6. The summed E-state index contributed by atoms with van der Waals surface area (Å²) in [4.78, 5) is 2.33. The van der Waals surface area contributed by atoms with Crippen molar-refractivity contribution in [1.29, 1.82) is 1.34 Å². The van der Waals surface area contributed by atoms with Gasteiger partial charge in [0.2, 0.25) is 0 Å². The molecule has 20 aromatic carbocycles. The van der Waals surface area contributed by atoms with E-state index in [1.807, 2.05) is 97.8 Å². The highest BCUT2D eigenvalue weighted by Gasteiger charge is 2.18. The zero-order chi connectivity index (χ0) is 81.7. The number of para-hydroxylation sites is 3. The van der Waals surface area contributed by atoms with Crippen molar-refractivity contribution >= 4 is 171 Å². The number of halogens is 1. The molecule has 0 aliphatic rings. The van der Waals surface area contributed by atoms with Crippen LogP contribution in [0, 0.1) is 0 Å². The average Bonchev–Trinajstić information content (AvgIpc) is 0.782. The van der Waals surface area contributed by atoms with Crippen LogP contribution in [0.3, 0.4) is 0 Å². The van der Waals surface area contributed by atoms with Gasteiger partial charge in [-0.2, -0.15) is 9.12 Å². The van der Waals surface area contributed by atoms with Crippen LogP contribution in [-0.2, 0) is 0 Å². The van der Waals surface area contributed by atoms with Crippen molar-refractivity contribution in [1.82, 2.24) is 0 Å². The van der Waals surface area contributed by atoms with Crippen LogP contribution in [0.25, 0.3) is 131 Å². The van der Waals surface area contributed by atoms with Gasteiger partial charge in [0.1, 0.15) is 7.53 Å². The number of anilines is 7. The lowest BCUT2D eigenvalue weighted by molar-refractivity contribution is 0.594. The standard InChI is InChI=1S/C52H35N.C26H19N.C15H13BO.C12H10BrN.C5H12.BH3P/c1-2-14-42(15-3-1)53(44-32-28-39(29-33-44)52-35-41-13-5-7-17-46(41)48-19-9-11-21-50(48)52)43-30-26-37(27-31-43)36-22-24-38(25-23-36)51-34-40-12-4-6-16-45(40)47-18-8-10-20-49(47)51;1-2-9-21(10-3-1)27-22-16-14-19(15-17-22)26-18-20-8-4-5-11-23(20)24-12-6-7-13-25(24)26;1-16(17)15-10-11-6-2-3-7-12(11)13-8-4-5-9-14(13)15;13-10-6-8-12(9-7-10)14-11-4-2-1-3-5-11;1-3-5-4-2;1-2/h1-35H;1-18,27H;2-10,17H,1H3;1-9,14H;3-5H2,1-2H3;1H,2H2/i;;;;;1T. The molecule has 0 spiro atoms. The van der Waals surface area contributed by atoms with Gasteiger partial charge in [-0.05, 0) is 253 Å². The van der Waals surface area contributed by atoms with Gasteiger partial charge in [0.15, 0.2) is 0 Å². The van der Waals surface area contributed by atoms with Gasteiger partial charge >= 0.3 is 6.92 Å².